The number of rotatable bonds is 9. The van der Waals surface area contributed by atoms with E-state index in [1.807, 2.05) is 52.8 Å². The van der Waals surface area contributed by atoms with Crippen LogP contribution in [-0.4, -0.2) is 47.3 Å². The van der Waals surface area contributed by atoms with Crippen LogP contribution in [0.5, 0.6) is 11.5 Å². The molecular formula is C26H38O5. The molecular weight excluding hydrogens is 392 g/mol. The van der Waals surface area contributed by atoms with Gasteiger partial charge in [0.25, 0.3) is 0 Å². The summed E-state index contributed by atoms with van der Waals surface area (Å²) in [6.07, 6.45) is -1.42. The van der Waals surface area contributed by atoms with Crippen LogP contribution in [-0.2, 0) is 5.41 Å². The SMILES string of the molecule is Cc1cc(C(C)(C)c2ccc(OC[C@H](O)C(C)(C)C)c(C)c2)ccc1OC[C@@H](O)CO. The number of aliphatic hydroxyl groups excluding tert-OH is 3. The second kappa shape index (κ2) is 10.0. The van der Waals surface area contributed by atoms with Crippen molar-refractivity contribution < 1.29 is 24.8 Å². The zero-order chi connectivity index (χ0) is 23.4. The van der Waals surface area contributed by atoms with Gasteiger partial charge in [-0.1, -0.05) is 58.9 Å². The number of hydrogen-bond donors (Lipinski definition) is 3. The molecule has 0 fully saturated rings. The van der Waals surface area contributed by atoms with Gasteiger partial charge in [0.05, 0.1) is 12.7 Å². The van der Waals surface area contributed by atoms with Crippen molar-refractivity contribution in [3.05, 3.63) is 58.7 Å². The average Bonchev–Trinajstić information content (AvgIpc) is 2.70. The fourth-order valence-corrected chi connectivity index (χ4v) is 3.22. The summed E-state index contributed by atoms with van der Waals surface area (Å²) in [5, 5.41) is 28.7. The van der Waals surface area contributed by atoms with Crippen LogP contribution < -0.4 is 9.47 Å². The maximum absolute atomic E-state index is 10.2. The highest BCUT2D eigenvalue weighted by atomic mass is 16.5. The van der Waals surface area contributed by atoms with E-state index in [0.717, 1.165) is 28.0 Å². The maximum Gasteiger partial charge on any atom is 0.122 e. The molecule has 0 unspecified atom stereocenters. The first-order valence-electron chi connectivity index (χ1n) is 10.8. The Morgan fingerprint density at radius 3 is 1.61 bits per heavy atom. The van der Waals surface area contributed by atoms with Crippen molar-refractivity contribution in [3.63, 3.8) is 0 Å². The smallest absolute Gasteiger partial charge is 0.122 e. The Morgan fingerprint density at radius 2 is 1.23 bits per heavy atom. The summed E-state index contributed by atoms with van der Waals surface area (Å²) >= 11 is 0. The van der Waals surface area contributed by atoms with Crippen LogP contribution in [0.1, 0.15) is 56.9 Å². The Bertz CT molecular complexity index is 867. The minimum Gasteiger partial charge on any atom is -0.491 e. The van der Waals surface area contributed by atoms with Gasteiger partial charge in [-0.05, 0) is 53.6 Å². The Kier molecular flexibility index (Phi) is 8.15. The fraction of sp³-hybridized carbons (Fsp3) is 0.538. The summed E-state index contributed by atoms with van der Waals surface area (Å²) in [6, 6.07) is 12.2. The van der Waals surface area contributed by atoms with Gasteiger partial charge in [-0.2, -0.15) is 0 Å². The lowest BCUT2D eigenvalue weighted by atomic mass is 9.77. The van der Waals surface area contributed by atoms with Gasteiger partial charge in [-0.15, -0.1) is 0 Å². The second-order valence-electron chi connectivity index (χ2n) is 9.93. The Balaban J connectivity index is 2.18. The highest BCUT2D eigenvalue weighted by molar-refractivity contribution is 5.47. The van der Waals surface area contributed by atoms with Crippen LogP contribution in [0.2, 0.25) is 0 Å². The molecule has 0 aliphatic carbocycles. The van der Waals surface area contributed by atoms with Gasteiger partial charge < -0.3 is 24.8 Å². The molecule has 3 N–H and O–H groups in total. The van der Waals surface area contributed by atoms with E-state index in [-0.39, 0.29) is 30.7 Å². The van der Waals surface area contributed by atoms with Gasteiger partial charge in [0.15, 0.2) is 0 Å². The molecule has 2 aromatic rings. The van der Waals surface area contributed by atoms with Gasteiger partial charge in [0.1, 0.15) is 30.8 Å². The van der Waals surface area contributed by atoms with Crippen molar-refractivity contribution in [2.75, 3.05) is 19.8 Å². The highest BCUT2D eigenvalue weighted by Gasteiger charge is 2.26. The first-order chi connectivity index (χ1) is 14.4. The Morgan fingerprint density at radius 1 is 0.774 bits per heavy atom. The van der Waals surface area contributed by atoms with Crippen LogP contribution in [0.4, 0.5) is 0 Å². The van der Waals surface area contributed by atoms with E-state index in [0.29, 0.717) is 5.75 Å². The van der Waals surface area contributed by atoms with Gasteiger partial charge in [0.2, 0.25) is 0 Å². The lowest BCUT2D eigenvalue weighted by Gasteiger charge is -2.29. The topological polar surface area (TPSA) is 79.2 Å². The molecule has 0 spiro atoms. The van der Waals surface area contributed by atoms with Crippen molar-refractivity contribution in [2.45, 2.75) is 66.1 Å². The number of benzene rings is 2. The van der Waals surface area contributed by atoms with E-state index < -0.39 is 12.2 Å². The molecule has 0 amide bonds. The van der Waals surface area contributed by atoms with Crippen molar-refractivity contribution in [1.29, 1.82) is 0 Å². The zero-order valence-electron chi connectivity index (χ0n) is 19.9. The quantitative estimate of drug-likeness (QED) is 0.557. The van der Waals surface area contributed by atoms with E-state index >= 15 is 0 Å². The largest absolute Gasteiger partial charge is 0.491 e. The molecule has 0 aliphatic heterocycles. The maximum atomic E-state index is 10.2. The monoisotopic (exact) mass is 430 g/mol. The normalized spacial score (nSPS) is 14.3. The average molecular weight is 431 g/mol. The highest BCUT2D eigenvalue weighted by Crippen LogP contribution is 2.36. The molecule has 0 saturated carbocycles. The Labute approximate surface area is 186 Å². The number of hydrogen-bond acceptors (Lipinski definition) is 5. The van der Waals surface area contributed by atoms with Crippen LogP contribution in [0.3, 0.4) is 0 Å². The van der Waals surface area contributed by atoms with Gasteiger partial charge >= 0.3 is 0 Å². The third-order valence-electron chi connectivity index (χ3n) is 5.83. The first kappa shape index (κ1) is 25.2. The van der Waals surface area contributed by atoms with Crippen LogP contribution >= 0.6 is 0 Å². The molecule has 5 heteroatoms. The molecule has 0 bridgehead atoms. The van der Waals surface area contributed by atoms with Gasteiger partial charge in [-0.3, -0.25) is 0 Å². The lowest BCUT2D eigenvalue weighted by Crippen LogP contribution is -2.32. The van der Waals surface area contributed by atoms with Crippen LogP contribution in [0.25, 0.3) is 0 Å². The molecule has 2 aromatic carbocycles. The number of ether oxygens (including phenoxy) is 2. The first-order valence-corrected chi connectivity index (χ1v) is 10.8. The summed E-state index contributed by atoms with van der Waals surface area (Å²) in [5.74, 6) is 1.48. The number of aryl methyl sites for hydroxylation is 2. The summed E-state index contributed by atoms with van der Waals surface area (Å²) in [7, 11) is 0. The molecule has 0 aromatic heterocycles. The predicted octanol–water partition coefficient (Wildman–Crippen LogP) is 4.15. The van der Waals surface area contributed by atoms with E-state index in [9.17, 15) is 10.2 Å². The predicted molar refractivity (Wildman–Crippen MR) is 124 cm³/mol. The standard InChI is InChI=1S/C26H38O5/c1-17-12-19(8-10-22(17)30-15-21(28)14-27)26(6,7)20-9-11-23(18(2)13-20)31-16-24(29)25(3,4)5/h8-13,21,24,27-29H,14-16H2,1-7H3/t21-,24-/m0/s1. The minimum absolute atomic E-state index is 0.0602. The summed E-state index contributed by atoms with van der Waals surface area (Å²) in [4.78, 5) is 0. The van der Waals surface area contributed by atoms with Gasteiger partial charge in [-0.25, -0.2) is 0 Å². The lowest BCUT2D eigenvalue weighted by molar-refractivity contribution is 0.0216. The molecule has 172 valence electrons. The second-order valence-corrected chi connectivity index (χ2v) is 9.93. The summed E-state index contributed by atoms with van der Waals surface area (Å²) in [5.41, 5.74) is 3.86. The van der Waals surface area contributed by atoms with E-state index in [4.69, 9.17) is 14.6 Å². The van der Waals surface area contributed by atoms with Crippen molar-refractivity contribution in [1.82, 2.24) is 0 Å². The van der Waals surface area contributed by atoms with Gasteiger partial charge in [0, 0.05) is 5.41 Å². The molecule has 31 heavy (non-hydrogen) atoms. The molecule has 2 rings (SSSR count). The Hall–Kier alpha value is -2.08. The fourth-order valence-electron chi connectivity index (χ4n) is 3.22. The van der Waals surface area contributed by atoms with Crippen molar-refractivity contribution in [2.24, 2.45) is 5.41 Å². The number of aliphatic hydroxyl groups is 3. The molecule has 2 atom stereocenters. The van der Waals surface area contributed by atoms with Crippen LogP contribution in [0.15, 0.2) is 36.4 Å². The molecule has 0 saturated heterocycles. The van der Waals surface area contributed by atoms with Crippen molar-refractivity contribution in [3.8, 4) is 11.5 Å². The third kappa shape index (κ3) is 6.45. The van der Waals surface area contributed by atoms with E-state index in [1.54, 1.807) is 0 Å². The molecule has 5 nitrogen and oxygen atoms in total. The van der Waals surface area contributed by atoms with E-state index in [2.05, 4.69) is 32.0 Å². The van der Waals surface area contributed by atoms with E-state index in [1.165, 1.54) is 0 Å². The molecule has 0 radical (unpaired) electrons. The molecule has 0 aliphatic rings. The third-order valence-corrected chi connectivity index (χ3v) is 5.83. The summed E-state index contributed by atoms with van der Waals surface area (Å²) in [6.45, 7) is 14.3. The van der Waals surface area contributed by atoms with Crippen molar-refractivity contribution >= 4 is 0 Å². The van der Waals surface area contributed by atoms with Crippen LogP contribution in [0, 0.1) is 19.3 Å². The molecule has 0 heterocycles. The summed E-state index contributed by atoms with van der Waals surface area (Å²) < 4.78 is 11.5. The minimum atomic E-state index is -0.885. The zero-order valence-corrected chi connectivity index (χ0v) is 19.9.